The van der Waals surface area contributed by atoms with Crippen molar-refractivity contribution >= 4 is 0 Å². The molecule has 0 bridgehead atoms. The maximum absolute atomic E-state index is 3.80. The van der Waals surface area contributed by atoms with Gasteiger partial charge in [-0.1, -0.05) is 41.5 Å². The van der Waals surface area contributed by atoms with Crippen LogP contribution >= 0.6 is 0 Å². The van der Waals surface area contributed by atoms with E-state index in [2.05, 4.69) is 62.8 Å². The highest BCUT2D eigenvalue weighted by molar-refractivity contribution is 5.12. The van der Waals surface area contributed by atoms with Gasteiger partial charge in [-0.05, 0) is 210 Å². The van der Waals surface area contributed by atoms with E-state index in [1.54, 1.807) is 0 Å². The van der Waals surface area contributed by atoms with E-state index in [9.17, 15) is 0 Å². The Labute approximate surface area is 285 Å². The molecule has 7 fully saturated rings. The highest BCUT2D eigenvalue weighted by Gasteiger charge is 2.62. The first-order valence-electron chi connectivity index (χ1n) is 20.7. The van der Waals surface area contributed by atoms with Gasteiger partial charge in [0, 0.05) is 13.1 Å². The van der Waals surface area contributed by atoms with Crippen LogP contribution in [0.1, 0.15) is 151 Å². The van der Waals surface area contributed by atoms with Crippen molar-refractivity contribution in [3.05, 3.63) is 0 Å². The van der Waals surface area contributed by atoms with E-state index in [1.165, 1.54) is 162 Å². The fourth-order valence-electron chi connectivity index (χ4n) is 13.3. The Balaban J connectivity index is 1.10. The van der Waals surface area contributed by atoms with Gasteiger partial charge in [0.2, 0.25) is 0 Å². The summed E-state index contributed by atoms with van der Waals surface area (Å²) in [6.45, 7) is 26.5. The van der Waals surface area contributed by atoms with Crippen molar-refractivity contribution in [1.29, 1.82) is 0 Å². The summed E-state index contributed by atoms with van der Waals surface area (Å²) in [5, 5.41) is 14.9. The Hall–Kier alpha value is -0.160. The lowest BCUT2D eigenvalue weighted by Gasteiger charge is -2.66. The minimum Gasteiger partial charge on any atom is -0.317 e. The molecule has 0 radical (unpaired) electrons. The average Bonchev–Trinajstić information content (AvgIpc) is 3.52. The molecule has 2 atom stereocenters. The Morgan fingerprint density at radius 2 is 1.00 bits per heavy atom. The lowest BCUT2D eigenvalue weighted by Crippen LogP contribution is -2.60. The third-order valence-electron chi connectivity index (χ3n) is 18.0. The summed E-state index contributed by atoms with van der Waals surface area (Å²) in [5.41, 5.74) is 3.75. The minimum absolute atomic E-state index is 0.417. The molecular formula is C42H76N4. The van der Waals surface area contributed by atoms with E-state index in [-0.39, 0.29) is 0 Å². The van der Waals surface area contributed by atoms with Gasteiger partial charge >= 0.3 is 0 Å². The zero-order valence-electron chi connectivity index (χ0n) is 31.5. The predicted molar refractivity (Wildman–Crippen MR) is 195 cm³/mol. The van der Waals surface area contributed by atoms with Gasteiger partial charge < -0.3 is 21.3 Å². The standard InChI is InChI=1S/C42H76N4/c1-36(2,32-8-19-43-20-9-32)11-12-38(5,34-26-42(27-34)17-23-46-31-42)13-14-39(6,35-28-40(29-35)15-21-44-22-16-40)37(3,4)33-24-41(25-33)10-7-18-45-30-41/h32-35,43-46H,7-31H2,1-6H3/t33?,34?,38-,39+,41?,42?/m1/s1. The zero-order valence-corrected chi connectivity index (χ0v) is 31.5. The van der Waals surface area contributed by atoms with Crippen molar-refractivity contribution in [2.24, 2.45) is 61.6 Å². The molecule has 0 aromatic carbocycles. The lowest BCUT2D eigenvalue weighted by atomic mass is 9.39. The SMILES string of the molecule is CC(C)(CC[C@](C)(CC[C@@](C)(C1CC2(CCNCC2)C1)C(C)(C)C1CC2(CCCNC2)C1)C1CC2(CCNC2)C1)C1CCNCC1. The van der Waals surface area contributed by atoms with Crippen LogP contribution in [-0.2, 0) is 0 Å². The van der Waals surface area contributed by atoms with Gasteiger partial charge in [0.15, 0.2) is 0 Å². The summed E-state index contributed by atoms with van der Waals surface area (Å²) in [5.74, 6) is 3.65. The Morgan fingerprint density at radius 3 is 1.63 bits per heavy atom. The molecule has 3 spiro atoms. The monoisotopic (exact) mass is 637 g/mol. The molecular weight excluding hydrogens is 560 g/mol. The van der Waals surface area contributed by atoms with Gasteiger partial charge in [0.25, 0.3) is 0 Å². The van der Waals surface area contributed by atoms with Crippen LogP contribution in [0.3, 0.4) is 0 Å². The van der Waals surface area contributed by atoms with Crippen molar-refractivity contribution in [1.82, 2.24) is 21.3 Å². The van der Waals surface area contributed by atoms with Gasteiger partial charge in [0.1, 0.15) is 0 Å². The molecule has 46 heavy (non-hydrogen) atoms. The summed E-state index contributed by atoms with van der Waals surface area (Å²) >= 11 is 0. The number of rotatable bonds is 11. The third kappa shape index (κ3) is 6.21. The second-order valence-electron chi connectivity index (χ2n) is 21.1. The topological polar surface area (TPSA) is 48.1 Å². The molecule has 4 heteroatoms. The fourth-order valence-corrected chi connectivity index (χ4v) is 13.3. The van der Waals surface area contributed by atoms with Gasteiger partial charge in [0.05, 0.1) is 0 Å². The van der Waals surface area contributed by atoms with Crippen LogP contribution in [-0.4, -0.2) is 52.4 Å². The first-order valence-corrected chi connectivity index (χ1v) is 20.7. The number of hydrogen-bond donors (Lipinski definition) is 4. The van der Waals surface area contributed by atoms with E-state index in [0.717, 1.165) is 23.7 Å². The van der Waals surface area contributed by atoms with Crippen molar-refractivity contribution in [3.8, 4) is 0 Å². The van der Waals surface area contributed by atoms with Crippen LogP contribution in [0.2, 0.25) is 0 Å². The summed E-state index contributed by atoms with van der Waals surface area (Å²) in [4.78, 5) is 0. The fraction of sp³-hybridized carbons (Fsp3) is 1.00. The molecule has 4 N–H and O–H groups in total. The highest BCUT2D eigenvalue weighted by Crippen LogP contribution is 2.70. The molecule has 264 valence electrons. The normalized spacial score (nSPS) is 34.0. The van der Waals surface area contributed by atoms with Crippen molar-refractivity contribution in [2.45, 2.75) is 151 Å². The smallest absolute Gasteiger partial charge is 0.000850 e. The Kier molecular flexibility index (Phi) is 9.36. The molecule has 4 aliphatic heterocycles. The molecule has 3 saturated carbocycles. The zero-order chi connectivity index (χ0) is 32.3. The lowest BCUT2D eigenvalue weighted by molar-refractivity contribution is -0.165. The maximum atomic E-state index is 3.80. The van der Waals surface area contributed by atoms with Crippen molar-refractivity contribution in [2.75, 3.05) is 52.4 Å². The average molecular weight is 637 g/mol. The van der Waals surface area contributed by atoms with Crippen LogP contribution in [0, 0.1) is 61.6 Å². The Morgan fingerprint density at radius 1 is 0.478 bits per heavy atom. The van der Waals surface area contributed by atoms with Crippen LogP contribution in [0.15, 0.2) is 0 Å². The molecule has 3 aliphatic carbocycles. The van der Waals surface area contributed by atoms with E-state index >= 15 is 0 Å². The summed E-state index contributed by atoms with van der Waals surface area (Å²) in [6.07, 6.45) is 24.8. The summed E-state index contributed by atoms with van der Waals surface area (Å²) < 4.78 is 0. The quantitative estimate of drug-likeness (QED) is 0.184. The second kappa shape index (κ2) is 12.6. The van der Waals surface area contributed by atoms with E-state index < -0.39 is 0 Å². The molecule has 7 rings (SSSR count). The van der Waals surface area contributed by atoms with Crippen molar-refractivity contribution < 1.29 is 0 Å². The largest absolute Gasteiger partial charge is 0.317 e. The number of nitrogens with one attached hydrogen (secondary N) is 4. The van der Waals surface area contributed by atoms with Crippen molar-refractivity contribution in [3.63, 3.8) is 0 Å². The Bertz CT molecular complexity index is 1020. The van der Waals surface area contributed by atoms with Gasteiger partial charge in [-0.3, -0.25) is 0 Å². The maximum Gasteiger partial charge on any atom is 0.000850 e. The van der Waals surface area contributed by atoms with Crippen LogP contribution in [0.25, 0.3) is 0 Å². The first-order chi connectivity index (χ1) is 21.8. The minimum atomic E-state index is 0.417. The first kappa shape index (κ1) is 34.3. The van der Waals surface area contributed by atoms with Gasteiger partial charge in [-0.25, -0.2) is 0 Å². The molecule has 4 saturated heterocycles. The molecule has 0 aromatic rings. The van der Waals surface area contributed by atoms with Crippen LogP contribution < -0.4 is 21.3 Å². The highest BCUT2D eigenvalue weighted by atomic mass is 14.9. The molecule has 0 unspecified atom stereocenters. The summed E-state index contributed by atoms with van der Waals surface area (Å²) in [6, 6.07) is 0. The number of piperidine rings is 3. The van der Waals surface area contributed by atoms with Crippen LogP contribution in [0.5, 0.6) is 0 Å². The molecule has 7 aliphatic rings. The molecule has 0 aromatic heterocycles. The van der Waals surface area contributed by atoms with Gasteiger partial charge in [-0.15, -0.1) is 0 Å². The molecule has 4 nitrogen and oxygen atoms in total. The van der Waals surface area contributed by atoms with Crippen LogP contribution in [0.4, 0.5) is 0 Å². The van der Waals surface area contributed by atoms with Gasteiger partial charge in [-0.2, -0.15) is 0 Å². The molecule has 0 amide bonds. The van der Waals surface area contributed by atoms with E-state index in [0.29, 0.717) is 37.9 Å². The molecule has 4 heterocycles. The van der Waals surface area contributed by atoms with E-state index in [1.807, 2.05) is 0 Å². The predicted octanol–water partition coefficient (Wildman–Crippen LogP) is 8.56. The van der Waals surface area contributed by atoms with E-state index in [4.69, 9.17) is 0 Å². The number of hydrogen-bond acceptors (Lipinski definition) is 4. The second-order valence-corrected chi connectivity index (χ2v) is 21.1. The third-order valence-corrected chi connectivity index (χ3v) is 18.0. The summed E-state index contributed by atoms with van der Waals surface area (Å²) in [7, 11) is 0.